The van der Waals surface area contributed by atoms with Crippen molar-refractivity contribution in [3.63, 3.8) is 0 Å². The van der Waals surface area contributed by atoms with Gasteiger partial charge in [0.25, 0.3) is 11.8 Å². The zero-order valence-corrected chi connectivity index (χ0v) is 17.2. The summed E-state index contributed by atoms with van der Waals surface area (Å²) < 4.78 is 24.8. The summed E-state index contributed by atoms with van der Waals surface area (Å²) in [6.07, 6.45) is 0. The number of hydrogen-bond acceptors (Lipinski definition) is 6. The Balaban J connectivity index is 1.61. The lowest BCUT2D eigenvalue weighted by atomic mass is 10.1. The first-order valence-corrected chi connectivity index (χ1v) is 9.83. The van der Waals surface area contributed by atoms with E-state index in [1.165, 1.54) is 31.6 Å². The van der Waals surface area contributed by atoms with Crippen LogP contribution in [0.4, 0.5) is 4.39 Å². The topological polar surface area (TPSA) is 89.0 Å². The summed E-state index contributed by atoms with van der Waals surface area (Å²) in [6, 6.07) is 12.2. The summed E-state index contributed by atoms with van der Waals surface area (Å²) >= 11 is 1.47. The summed E-state index contributed by atoms with van der Waals surface area (Å²) in [5.74, 6) is -0.158. The van der Waals surface area contributed by atoms with Crippen LogP contribution >= 0.6 is 11.3 Å². The van der Waals surface area contributed by atoms with Crippen LogP contribution in [0.15, 0.2) is 52.9 Å². The fraction of sp³-hybridized carbons (Fsp3) is 0.190. The molecule has 156 valence electrons. The second kappa shape index (κ2) is 9.84. The number of thiophene rings is 1. The first kappa shape index (κ1) is 21.3. The normalized spacial score (nSPS) is 11.2. The predicted molar refractivity (Wildman–Crippen MR) is 114 cm³/mol. The number of hydrogen-bond donors (Lipinski definition) is 2. The molecule has 1 heterocycles. The predicted octanol–water partition coefficient (Wildman–Crippen LogP) is 3.14. The van der Waals surface area contributed by atoms with Crippen LogP contribution in [-0.2, 0) is 4.79 Å². The Morgan fingerprint density at radius 2 is 1.87 bits per heavy atom. The number of methoxy groups -OCH3 is 2. The summed E-state index contributed by atoms with van der Waals surface area (Å²) in [5.41, 5.74) is 3.34. The maximum atomic E-state index is 13.5. The highest BCUT2D eigenvalue weighted by molar-refractivity contribution is 7.17. The van der Waals surface area contributed by atoms with Gasteiger partial charge in [-0.15, -0.1) is 11.3 Å². The average Bonchev–Trinajstić information content (AvgIpc) is 3.21. The third kappa shape index (κ3) is 4.74. The molecular formula is C21H20FN3O4S. The lowest BCUT2D eigenvalue weighted by molar-refractivity contribution is -0.120. The zero-order chi connectivity index (χ0) is 21.5. The number of carbonyl (C=O) groups is 2. The van der Waals surface area contributed by atoms with E-state index in [1.807, 2.05) is 24.3 Å². The molecule has 0 radical (unpaired) electrons. The third-order valence-corrected chi connectivity index (χ3v) is 5.25. The molecule has 0 aliphatic carbocycles. The van der Waals surface area contributed by atoms with Crippen molar-refractivity contribution in [2.24, 2.45) is 5.10 Å². The van der Waals surface area contributed by atoms with E-state index in [-0.39, 0.29) is 12.3 Å². The van der Waals surface area contributed by atoms with Crippen LogP contribution in [0.3, 0.4) is 0 Å². The smallest absolute Gasteiger partial charge is 0.259 e. The molecular weight excluding hydrogens is 409 g/mol. The second-order valence-electron chi connectivity index (χ2n) is 6.13. The summed E-state index contributed by atoms with van der Waals surface area (Å²) in [5, 5.41) is 9.05. The highest BCUT2D eigenvalue weighted by Crippen LogP contribution is 2.27. The number of amides is 2. The number of rotatable bonds is 8. The molecule has 0 fully saturated rings. The number of benzene rings is 2. The fourth-order valence-electron chi connectivity index (χ4n) is 2.77. The largest absolute Gasteiger partial charge is 0.493 e. The van der Waals surface area contributed by atoms with Crippen LogP contribution in [0.1, 0.15) is 15.9 Å². The lowest BCUT2D eigenvalue weighted by Gasteiger charge is -2.10. The summed E-state index contributed by atoms with van der Waals surface area (Å²) in [6.45, 7) is -1.15. The monoisotopic (exact) mass is 429 g/mol. The molecule has 0 bridgehead atoms. The first-order chi connectivity index (χ1) is 14.6. The molecule has 2 amide bonds. The van der Waals surface area contributed by atoms with Gasteiger partial charge in [-0.3, -0.25) is 9.59 Å². The maximum Gasteiger partial charge on any atom is 0.259 e. The van der Waals surface area contributed by atoms with Crippen LogP contribution in [0.25, 0.3) is 10.1 Å². The number of carbonyl (C=O) groups excluding carboxylic acids is 2. The van der Waals surface area contributed by atoms with Crippen molar-refractivity contribution in [3.05, 3.63) is 59.0 Å². The molecule has 0 saturated heterocycles. The van der Waals surface area contributed by atoms with Gasteiger partial charge in [-0.2, -0.15) is 5.10 Å². The molecule has 0 spiro atoms. The number of ether oxygens (including phenoxy) is 2. The molecule has 9 heteroatoms. The van der Waals surface area contributed by atoms with Gasteiger partial charge in [0.1, 0.15) is 12.4 Å². The van der Waals surface area contributed by atoms with Gasteiger partial charge >= 0.3 is 0 Å². The van der Waals surface area contributed by atoms with Gasteiger partial charge in [-0.05, 0) is 24.3 Å². The van der Waals surface area contributed by atoms with Crippen molar-refractivity contribution in [1.29, 1.82) is 0 Å². The lowest BCUT2D eigenvalue weighted by Crippen LogP contribution is -2.35. The highest BCUT2D eigenvalue weighted by Gasteiger charge is 2.13. The molecule has 0 aliphatic heterocycles. The molecule has 0 saturated carbocycles. The number of nitrogens with zero attached hydrogens (tertiary/aromatic N) is 1. The molecule has 2 N–H and O–H groups in total. The maximum absolute atomic E-state index is 13.5. The minimum absolute atomic E-state index is 0.118. The Bertz CT molecular complexity index is 1100. The minimum Gasteiger partial charge on any atom is -0.493 e. The molecule has 0 unspecified atom stereocenters. The third-order valence-electron chi connectivity index (χ3n) is 4.29. The van der Waals surface area contributed by atoms with Crippen molar-refractivity contribution >= 4 is 38.9 Å². The molecule has 0 aliphatic rings. The number of hydrazone groups is 1. The number of nitrogens with one attached hydrogen (secondary N) is 2. The van der Waals surface area contributed by atoms with Gasteiger partial charge in [0.05, 0.1) is 20.8 Å². The second-order valence-corrected chi connectivity index (χ2v) is 7.04. The van der Waals surface area contributed by atoms with E-state index in [1.54, 1.807) is 17.5 Å². The Morgan fingerprint density at radius 1 is 1.10 bits per heavy atom. The quantitative estimate of drug-likeness (QED) is 0.425. The van der Waals surface area contributed by atoms with Crippen molar-refractivity contribution < 1.29 is 23.5 Å². The van der Waals surface area contributed by atoms with Crippen LogP contribution in [0, 0.1) is 0 Å². The van der Waals surface area contributed by atoms with E-state index < -0.39 is 18.5 Å². The number of fused-ring (bicyclic) bond motifs is 1. The Kier molecular flexibility index (Phi) is 6.97. The van der Waals surface area contributed by atoms with E-state index in [0.29, 0.717) is 22.6 Å². The van der Waals surface area contributed by atoms with E-state index in [0.717, 1.165) is 10.1 Å². The zero-order valence-electron chi connectivity index (χ0n) is 16.4. The first-order valence-electron chi connectivity index (χ1n) is 8.95. The molecule has 0 atom stereocenters. The number of alkyl halides is 1. The van der Waals surface area contributed by atoms with E-state index in [4.69, 9.17) is 9.47 Å². The standard InChI is InChI=1S/C21H20FN3O4S/c1-28-17-8-7-13(9-18(17)29-2)21(27)23-11-20(26)25-24-16(10-22)15-12-30-19-6-4-3-5-14(15)19/h3-9,12H,10-11H2,1-2H3,(H,23,27)(H,25,26). The van der Waals surface area contributed by atoms with Gasteiger partial charge in [-0.1, -0.05) is 18.2 Å². The molecule has 1 aromatic heterocycles. The Morgan fingerprint density at radius 3 is 2.60 bits per heavy atom. The van der Waals surface area contributed by atoms with Crippen molar-refractivity contribution in [3.8, 4) is 11.5 Å². The van der Waals surface area contributed by atoms with Crippen molar-refractivity contribution in [1.82, 2.24) is 10.7 Å². The molecule has 7 nitrogen and oxygen atoms in total. The average molecular weight is 429 g/mol. The van der Waals surface area contributed by atoms with Gasteiger partial charge in [0, 0.05) is 26.6 Å². The van der Waals surface area contributed by atoms with Gasteiger partial charge in [0.2, 0.25) is 0 Å². The molecule has 3 aromatic rings. The Labute approximate surface area is 176 Å². The van der Waals surface area contributed by atoms with Gasteiger partial charge in [0.15, 0.2) is 11.5 Å². The number of halogens is 1. The van der Waals surface area contributed by atoms with Crippen molar-refractivity contribution in [2.75, 3.05) is 27.4 Å². The van der Waals surface area contributed by atoms with Crippen LogP contribution < -0.4 is 20.2 Å². The summed E-state index contributed by atoms with van der Waals surface area (Å²) in [4.78, 5) is 24.3. The van der Waals surface area contributed by atoms with E-state index >= 15 is 0 Å². The highest BCUT2D eigenvalue weighted by atomic mass is 32.1. The van der Waals surface area contributed by atoms with E-state index in [9.17, 15) is 14.0 Å². The van der Waals surface area contributed by atoms with Crippen LogP contribution in [-0.4, -0.2) is 45.0 Å². The summed E-state index contributed by atoms with van der Waals surface area (Å²) in [7, 11) is 2.96. The fourth-order valence-corrected chi connectivity index (χ4v) is 3.74. The molecule has 30 heavy (non-hydrogen) atoms. The van der Waals surface area contributed by atoms with Crippen molar-refractivity contribution in [2.45, 2.75) is 0 Å². The minimum atomic E-state index is -0.834. The van der Waals surface area contributed by atoms with Gasteiger partial charge < -0.3 is 14.8 Å². The SMILES string of the molecule is COc1ccc(C(=O)NCC(=O)NN=C(CF)c2csc3ccccc23)cc1OC. The van der Waals surface area contributed by atoms with Crippen LogP contribution in [0.2, 0.25) is 0 Å². The Hall–Kier alpha value is -3.46. The van der Waals surface area contributed by atoms with E-state index in [2.05, 4.69) is 15.8 Å². The van der Waals surface area contributed by atoms with Crippen LogP contribution in [0.5, 0.6) is 11.5 Å². The van der Waals surface area contributed by atoms with Gasteiger partial charge in [-0.25, -0.2) is 9.82 Å². The molecule has 2 aromatic carbocycles. The molecule has 3 rings (SSSR count).